The summed E-state index contributed by atoms with van der Waals surface area (Å²) in [5, 5.41) is 8.58. The summed E-state index contributed by atoms with van der Waals surface area (Å²) in [6.07, 6.45) is -0.260. The largest absolute Gasteiger partial charge is 0.481 e. The molecule has 0 saturated heterocycles. The lowest BCUT2D eigenvalue weighted by Gasteiger charge is -1.92. The summed E-state index contributed by atoms with van der Waals surface area (Å²) in [6, 6.07) is 4.83. The summed E-state index contributed by atoms with van der Waals surface area (Å²) in [4.78, 5) is 25.6. The van der Waals surface area contributed by atoms with Crippen LogP contribution in [-0.4, -0.2) is 21.8 Å². The average Bonchev–Trinajstić information content (AvgIpc) is 2.56. The number of Topliss-reactive ketones (excluding diaryl/α,β-unsaturated/α-hetero) is 1. The molecule has 0 amide bonds. The van der Waals surface area contributed by atoms with E-state index in [-0.39, 0.29) is 18.1 Å². The number of fused-ring (bicyclic) bond motifs is 1. The van der Waals surface area contributed by atoms with Gasteiger partial charge >= 0.3 is 5.97 Å². The Bertz CT molecular complexity index is 570. The molecule has 0 spiro atoms. The van der Waals surface area contributed by atoms with Crippen molar-refractivity contribution in [2.75, 3.05) is 0 Å². The number of ketones is 1. The Morgan fingerprint density at radius 2 is 2.19 bits per heavy atom. The predicted molar refractivity (Wildman–Crippen MR) is 55.4 cm³/mol. The normalized spacial score (nSPS) is 10.6. The van der Waals surface area contributed by atoms with Crippen molar-refractivity contribution in [3.05, 3.63) is 29.7 Å². The number of carbonyl (C=O) groups is 2. The van der Waals surface area contributed by atoms with Crippen LogP contribution in [0.5, 0.6) is 0 Å². The Kier molecular flexibility index (Phi) is 2.44. The lowest BCUT2D eigenvalue weighted by atomic mass is 10.1. The van der Waals surface area contributed by atoms with Gasteiger partial charge in [0.15, 0.2) is 11.4 Å². The van der Waals surface area contributed by atoms with Crippen molar-refractivity contribution in [1.82, 2.24) is 4.98 Å². The van der Waals surface area contributed by atoms with Crippen molar-refractivity contribution in [1.29, 1.82) is 0 Å². The Hall–Kier alpha value is -2.17. The van der Waals surface area contributed by atoms with Gasteiger partial charge in [0.25, 0.3) is 0 Å². The Morgan fingerprint density at radius 1 is 1.44 bits per heavy atom. The van der Waals surface area contributed by atoms with Gasteiger partial charge in [-0.25, -0.2) is 4.98 Å². The SMILES string of the molecule is CC(=O)c1ccc2oc(CC(=O)O)nc2c1. The number of oxazole rings is 1. The van der Waals surface area contributed by atoms with Crippen molar-refractivity contribution >= 4 is 22.9 Å². The second-order valence-corrected chi connectivity index (χ2v) is 3.42. The molecule has 1 N–H and O–H groups in total. The maximum atomic E-state index is 11.1. The second-order valence-electron chi connectivity index (χ2n) is 3.42. The molecule has 1 aromatic carbocycles. The minimum absolute atomic E-state index is 0.0651. The number of aromatic nitrogens is 1. The molecular weight excluding hydrogens is 210 g/mol. The van der Waals surface area contributed by atoms with Crippen LogP contribution in [0.1, 0.15) is 23.2 Å². The molecule has 82 valence electrons. The third-order valence-corrected chi connectivity index (χ3v) is 2.14. The molecule has 0 saturated carbocycles. The van der Waals surface area contributed by atoms with E-state index < -0.39 is 5.97 Å². The lowest BCUT2D eigenvalue weighted by Crippen LogP contribution is -1.99. The van der Waals surface area contributed by atoms with E-state index in [1.165, 1.54) is 6.92 Å². The van der Waals surface area contributed by atoms with Crippen molar-refractivity contribution < 1.29 is 19.1 Å². The van der Waals surface area contributed by atoms with Crippen molar-refractivity contribution in [2.24, 2.45) is 0 Å². The Balaban J connectivity index is 2.45. The van der Waals surface area contributed by atoms with Gasteiger partial charge in [0.1, 0.15) is 11.9 Å². The zero-order valence-corrected chi connectivity index (χ0v) is 8.56. The minimum atomic E-state index is -1.00. The number of carboxylic acids is 1. The lowest BCUT2D eigenvalue weighted by molar-refractivity contribution is -0.136. The first-order chi connectivity index (χ1) is 7.56. The highest BCUT2D eigenvalue weighted by atomic mass is 16.4. The van der Waals surface area contributed by atoms with E-state index in [4.69, 9.17) is 9.52 Å². The van der Waals surface area contributed by atoms with Crippen LogP contribution in [-0.2, 0) is 11.2 Å². The molecule has 0 aliphatic rings. The average molecular weight is 219 g/mol. The van der Waals surface area contributed by atoms with Crippen LogP contribution in [0.2, 0.25) is 0 Å². The van der Waals surface area contributed by atoms with Gasteiger partial charge in [-0.05, 0) is 25.1 Å². The summed E-state index contributed by atoms with van der Waals surface area (Å²) >= 11 is 0. The van der Waals surface area contributed by atoms with Crippen molar-refractivity contribution in [2.45, 2.75) is 13.3 Å². The standard InChI is InChI=1S/C11H9NO4/c1-6(13)7-2-3-9-8(4-7)12-10(16-9)5-11(14)15/h2-4H,5H2,1H3,(H,14,15). The van der Waals surface area contributed by atoms with Crippen LogP contribution in [0.15, 0.2) is 22.6 Å². The molecule has 0 unspecified atom stereocenters. The van der Waals surface area contributed by atoms with E-state index in [0.29, 0.717) is 16.7 Å². The number of aliphatic carboxylic acids is 1. The maximum absolute atomic E-state index is 11.1. The molecule has 5 heteroatoms. The quantitative estimate of drug-likeness (QED) is 0.794. The van der Waals surface area contributed by atoms with Crippen LogP contribution in [0.25, 0.3) is 11.1 Å². The second kappa shape index (κ2) is 3.77. The third-order valence-electron chi connectivity index (χ3n) is 2.14. The summed E-state index contributed by atoms with van der Waals surface area (Å²) in [5.41, 5.74) is 1.52. The molecule has 0 fully saturated rings. The molecule has 1 heterocycles. The zero-order chi connectivity index (χ0) is 11.7. The van der Waals surface area contributed by atoms with Crippen LogP contribution in [0, 0.1) is 0 Å². The van der Waals surface area contributed by atoms with E-state index in [0.717, 1.165) is 0 Å². The van der Waals surface area contributed by atoms with E-state index in [1.807, 2.05) is 0 Å². The number of hydrogen-bond acceptors (Lipinski definition) is 4. The summed E-state index contributed by atoms with van der Waals surface area (Å²) in [6.45, 7) is 1.46. The highest BCUT2D eigenvalue weighted by Gasteiger charge is 2.10. The number of nitrogens with zero attached hydrogens (tertiary/aromatic N) is 1. The van der Waals surface area contributed by atoms with Gasteiger partial charge in [-0.15, -0.1) is 0 Å². The zero-order valence-electron chi connectivity index (χ0n) is 8.56. The molecule has 2 aromatic rings. The van der Waals surface area contributed by atoms with Gasteiger partial charge in [0.05, 0.1) is 0 Å². The topological polar surface area (TPSA) is 80.4 Å². The van der Waals surface area contributed by atoms with E-state index in [9.17, 15) is 9.59 Å². The van der Waals surface area contributed by atoms with Crippen molar-refractivity contribution in [3.8, 4) is 0 Å². The summed E-state index contributed by atoms with van der Waals surface area (Å²) in [5.74, 6) is -0.925. The van der Waals surface area contributed by atoms with Gasteiger partial charge in [-0.1, -0.05) is 0 Å². The summed E-state index contributed by atoms with van der Waals surface area (Å²) < 4.78 is 5.21. The van der Waals surface area contributed by atoms with Crippen LogP contribution in [0.4, 0.5) is 0 Å². The van der Waals surface area contributed by atoms with Crippen LogP contribution >= 0.6 is 0 Å². The van der Waals surface area contributed by atoms with Gasteiger partial charge in [0, 0.05) is 5.56 Å². The predicted octanol–water partition coefficient (Wildman–Crippen LogP) is 1.66. The molecule has 0 aliphatic carbocycles. The fourth-order valence-corrected chi connectivity index (χ4v) is 1.40. The number of carboxylic acid groups (broad SMARTS) is 1. The molecule has 0 radical (unpaired) electrons. The van der Waals surface area contributed by atoms with E-state index >= 15 is 0 Å². The Morgan fingerprint density at radius 3 is 2.81 bits per heavy atom. The fourth-order valence-electron chi connectivity index (χ4n) is 1.40. The fraction of sp³-hybridized carbons (Fsp3) is 0.182. The number of benzene rings is 1. The summed E-state index contributed by atoms with van der Waals surface area (Å²) in [7, 11) is 0. The molecule has 0 bridgehead atoms. The minimum Gasteiger partial charge on any atom is -0.481 e. The van der Waals surface area contributed by atoms with Crippen molar-refractivity contribution in [3.63, 3.8) is 0 Å². The first-order valence-corrected chi connectivity index (χ1v) is 4.68. The number of rotatable bonds is 3. The van der Waals surface area contributed by atoms with Crippen LogP contribution < -0.4 is 0 Å². The first-order valence-electron chi connectivity index (χ1n) is 4.68. The molecule has 1 aromatic heterocycles. The third kappa shape index (κ3) is 1.93. The monoisotopic (exact) mass is 219 g/mol. The van der Waals surface area contributed by atoms with Gasteiger partial charge < -0.3 is 9.52 Å². The molecule has 0 aliphatic heterocycles. The molecule has 16 heavy (non-hydrogen) atoms. The smallest absolute Gasteiger partial charge is 0.312 e. The maximum Gasteiger partial charge on any atom is 0.312 e. The number of hydrogen-bond donors (Lipinski definition) is 1. The van der Waals surface area contributed by atoms with E-state index in [1.54, 1.807) is 18.2 Å². The highest BCUT2D eigenvalue weighted by molar-refractivity contribution is 5.96. The van der Waals surface area contributed by atoms with Gasteiger partial charge in [-0.3, -0.25) is 9.59 Å². The number of carbonyl (C=O) groups excluding carboxylic acids is 1. The molecule has 0 atom stereocenters. The molecule has 2 rings (SSSR count). The van der Waals surface area contributed by atoms with Gasteiger partial charge in [0.2, 0.25) is 5.89 Å². The Labute approximate surface area is 90.7 Å². The molecule has 5 nitrogen and oxygen atoms in total. The molecular formula is C11H9NO4. The van der Waals surface area contributed by atoms with E-state index in [2.05, 4.69) is 4.98 Å². The highest BCUT2D eigenvalue weighted by Crippen LogP contribution is 2.17. The van der Waals surface area contributed by atoms with Gasteiger partial charge in [-0.2, -0.15) is 0 Å². The van der Waals surface area contributed by atoms with Crippen LogP contribution in [0.3, 0.4) is 0 Å². The first kappa shape index (κ1) is 10.4.